The highest BCUT2D eigenvalue weighted by atomic mass is 19.4. The Hall–Kier alpha value is -1.73. The zero-order valence-corrected chi connectivity index (χ0v) is 7.26. The van der Waals surface area contributed by atoms with Crippen molar-refractivity contribution < 1.29 is 22.7 Å². The molecule has 1 aliphatic rings. The van der Waals surface area contributed by atoms with Crippen molar-refractivity contribution in [2.75, 3.05) is 6.54 Å². The van der Waals surface area contributed by atoms with Crippen molar-refractivity contribution in [3.63, 3.8) is 0 Å². The van der Waals surface area contributed by atoms with E-state index in [0.717, 1.165) is 6.07 Å². The highest BCUT2D eigenvalue weighted by Gasteiger charge is 2.35. The van der Waals surface area contributed by atoms with Crippen LogP contribution in [0, 0.1) is 0 Å². The number of hydrogen-bond acceptors (Lipinski definition) is 3. The van der Waals surface area contributed by atoms with Gasteiger partial charge in [0.1, 0.15) is 0 Å². The van der Waals surface area contributed by atoms with Crippen molar-refractivity contribution in [1.29, 1.82) is 0 Å². The second kappa shape index (κ2) is 3.14. The normalized spacial score (nSPS) is 21.3. The quantitative estimate of drug-likeness (QED) is 0.748. The Morgan fingerprint density at radius 3 is 2.73 bits per heavy atom. The van der Waals surface area contributed by atoms with Gasteiger partial charge in [0.15, 0.2) is 11.8 Å². The van der Waals surface area contributed by atoms with E-state index in [1.54, 1.807) is 0 Å². The summed E-state index contributed by atoms with van der Waals surface area (Å²) in [7, 11) is 0. The van der Waals surface area contributed by atoms with Crippen molar-refractivity contribution >= 4 is 6.09 Å². The fraction of sp³-hybridized carbons (Fsp3) is 0.429. The number of aromatic amines is 1. The molecule has 15 heavy (non-hydrogen) atoms. The maximum atomic E-state index is 12.2. The van der Waals surface area contributed by atoms with Crippen LogP contribution in [0.4, 0.5) is 18.0 Å². The number of alkyl carbamates (subject to hydrolysis) is 1. The van der Waals surface area contributed by atoms with Crippen LogP contribution in [-0.4, -0.2) is 22.8 Å². The maximum Gasteiger partial charge on any atom is 0.435 e. The van der Waals surface area contributed by atoms with Crippen LogP contribution in [-0.2, 0) is 10.9 Å². The van der Waals surface area contributed by atoms with Gasteiger partial charge in [-0.3, -0.25) is 5.10 Å². The number of aromatic nitrogens is 2. The minimum absolute atomic E-state index is 0.126. The minimum Gasteiger partial charge on any atom is -0.438 e. The predicted octanol–water partition coefficient (Wildman–Crippen LogP) is 1.21. The second-order valence-electron chi connectivity index (χ2n) is 2.98. The topological polar surface area (TPSA) is 67.0 Å². The summed E-state index contributed by atoms with van der Waals surface area (Å²) < 4.78 is 41.2. The molecular weight excluding hydrogens is 215 g/mol. The summed E-state index contributed by atoms with van der Waals surface area (Å²) in [5.41, 5.74) is -0.902. The number of rotatable bonds is 1. The van der Waals surface area contributed by atoms with Gasteiger partial charge >= 0.3 is 12.3 Å². The molecule has 0 radical (unpaired) electrons. The molecule has 8 heteroatoms. The zero-order valence-electron chi connectivity index (χ0n) is 7.26. The number of halogens is 3. The van der Waals surface area contributed by atoms with E-state index < -0.39 is 24.1 Å². The summed E-state index contributed by atoms with van der Waals surface area (Å²) in [5.74, 6) is 0. The third-order valence-corrected chi connectivity index (χ3v) is 1.92. The van der Waals surface area contributed by atoms with Gasteiger partial charge in [-0.15, -0.1) is 0 Å². The van der Waals surface area contributed by atoms with Gasteiger partial charge in [0.2, 0.25) is 0 Å². The Morgan fingerprint density at radius 1 is 1.53 bits per heavy atom. The Morgan fingerprint density at radius 2 is 2.27 bits per heavy atom. The largest absolute Gasteiger partial charge is 0.438 e. The van der Waals surface area contributed by atoms with Gasteiger partial charge in [0.25, 0.3) is 0 Å². The molecule has 1 fully saturated rings. The molecule has 1 unspecified atom stereocenters. The Bertz CT molecular complexity index is 387. The molecule has 0 spiro atoms. The number of ether oxygens (including phenoxy) is 1. The van der Waals surface area contributed by atoms with Gasteiger partial charge in [0.05, 0.1) is 12.2 Å². The summed E-state index contributed by atoms with van der Waals surface area (Å²) in [6.45, 7) is 0.137. The van der Waals surface area contributed by atoms with Gasteiger partial charge < -0.3 is 10.1 Å². The van der Waals surface area contributed by atoms with Crippen LogP contribution in [0.1, 0.15) is 17.5 Å². The molecule has 1 aromatic rings. The van der Waals surface area contributed by atoms with E-state index in [2.05, 4.69) is 20.3 Å². The summed E-state index contributed by atoms with van der Waals surface area (Å²) in [4.78, 5) is 10.6. The first kappa shape index (κ1) is 9.81. The van der Waals surface area contributed by atoms with Crippen LogP contribution in [0.15, 0.2) is 6.07 Å². The molecule has 0 saturated carbocycles. The van der Waals surface area contributed by atoms with Crippen LogP contribution in [0.25, 0.3) is 0 Å². The number of carbonyl (C=O) groups is 1. The highest BCUT2D eigenvalue weighted by Crippen LogP contribution is 2.30. The Labute approximate surface area is 81.6 Å². The average Bonchev–Trinajstić information content (AvgIpc) is 2.69. The number of alkyl halides is 3. The number of hydrogen-bond donors (Lipinski definition) is 2. The Kier molecular flexibility index (Phi) is 2.06. The van der Waals surface area contributed by atoms with Crippen molar-refractivity contribution in [3.05, 3.63) is 17.5 Å². The van der Waals surface area contributed by atoms with Crippen LogP contribution in [0.2, 0.25) is 0 Å². The predicted molar refractivity (Wildman–Crippen MR) is 40.8 cm³/mol. The van der Waals surface area contributed by atoms with Gasteiger partial charge in [-0.1, -0.05) is 0 Å². The van der Waals surface area contributed by atoms with Crippen LogP contribution in [0.5, 0.6) is 0 Å². The summed E-state index contributed by atoms with van der Waals surface area (Å²) in [6.07, 6.45) is -5.88. The molecule has 0 aliphatic carbocycles. The van der Waals surface area contributed by atoms with Gasteiger partial charge in [-0.2, -0.15) is 18.3 Å². The van der Waals surface area contributed by atoms with Crippen LogP contribution < -0.4 is 5.32 Å². The number of nitrogens with one attached hydrogen (secondary N) is 2. The molecule has 2 N–H and O–H groups in total. The lowest BCUT2D eigenvalue weighted by Gasteiger charge is -2.02. The number of amides is 1. The maximum absolute atomic E-state index is 12.2. The monoisotopic (exact) mass is 221 g/mol. The first-order chi connectivity index (χ1) is 6.97. The first-order valence-electron chi connectivity index (χ1n) is 4.04. The van der Waals surface area contributed by atoms with E-state index >= 15 is 0 Å². The molecule has 5 nitrogen and oxygen atoms in total. The summed E-state index contributed by atoms with van der Waals surface area (Å²) >= 11 is 0. The third-order valence-electron chi connectivity index (χ3n) is 1.92. The average molecular weight is 221 g/mol. The first-order valence-corrected chi connectivity index (χ1v) is 4.04. The van der Waals surface area contributed by atoms with Gasteiger partial charge in [-0.25, -0.2) is 4.79 Å². The number of nitrogens with zero attached hydrogens (tertiary/aromatic N) is 1. The lowest BCUT2D eigenvalue weighted by molar-refractivity contribution is -0.141. The van der Waals surface area contributed by atoms with Gasteiger partial charge in [-0.05, 0) is 6.07 Å². The highest BCUT2D eigenvalue weighted by molar-refractivity contribution is 5.69. The fourth-order valence-corrected chi connectivity index (χ4v) is 1.21. The lowest BCUT2D eigenvalue weighted by Crippen LogP contribution is -2.12. The van der Waals surface area contributed by atoms with Crippen LogP contribution >= 0.6 is 0 Å². The van der Waals surface area contributed by atoms with E-state index in [0.29, 0.717) is 0 Å². The molecule has 1 aromatic heterocycles. The molecule has 0 aromatic carbocycles. The van der Waals surface area contributed by atoms with E-state index in [-0.39, 0.29) is 12.2 Å². The van der Waals surface area contributed by atoms with E-state index in [4.69, 9.17) is 0 Å². The van der Waals surface area contributed by atoms with Crippen molar-refractivity contribution in [3.8, 4) is 0 Å². The van der Waals surface area contributed by atoms with Crippen LogP contribution in [0.3, 0.4) is 0 Å². The lowest BCUT2D eigenvalue weighted by atomic mass is 10.2. The van der Waals surface area contributed by atoms with E-state index in [9.17, 15) is 18.0 Å². The SMILES string of the molecule is O=C1NCC(c2cc(C(F)(F)F)n[nH]2)O1. The molecule has 2 heterocycles. The van der Waals surface area contributed by atoms with E-state index in [1.807, 2.05) is 0 Å². The summed E-state index contributed by atoms with van der Waals surface area (Å²) in [5, 5.41) is 7.60. The molecule has 1 saturated heterocycles. The number of carbonyl (C=O) groups excluding carboxylic acids is 1. The zero-order chi connectivity index (χ0) is 11.1. The molecule has 1 aliphatic heterocycles. The minimum atomic E-state index is -4.50. The van der Waals surface area contributed by atoms with Crippen molar-refractivity contribution in [2.24, 2.45) is 0 Å². The standard InChI is InChI=1S/C7H6F3N3O2/c8-7(9,10)5-1-3(12-13-5)4-2-11-6(14)15-4/h1,4H,2H2,(H,11,14)(H,12,13). The molecule has 0 bridgehead atoms. The number of cyclic esters (lactones) is 1. The van der Waals surface area contributed by atoms with Crippen molar-refractivity contribution in [1.82, 2.24) is 15.5 Å². The third kappa shape index (κ3) is 1.88. The number of H-pyrrole nitrogens is 1. The fourth-order valence-electron chi connectivity index (χ4n) is 1.21. The molecule has 82 valence electrons. The van der Waals surface area contributed by atoms with E-state index in [1.165, 1.54) is 0 Å². The van der Waals surface area contributed by atoms with Gasteiger partial charge in [0, 0.05) is 0 Å². The van der Waals surface area contributed by atoms with Crippen molar-refractivity contribution in [2.45, 2.75) is 12.3 Å². The smallest absolute Gasteiger partial charge is 0.435 e. The molecule has 2 rings (SSSR count). The summed E-state index contributed by atoms with van der Waals surface area (Å²) in [6, 6.07) is 0.824. The second-order valence-corrected chi connectivity index (χ2v) is 2.98. The molecule has 1 amide bonds. The Balaban J connectivity index is 2.17. The molecular formula is C7H6F3N3O2. The molecule has 1 atom stereocenters.